The summed E-state index contributed by atoms with van der Waals surface area (Å²) in [6.45, 7) is 8.29. The minimum atomic E-state index is -0.156. The summed E-state index contributed by atoms with van der Waals surface area (Å²) in [5.74, 6) is -0.156. The van der Waals surface area contributed by atoms with Crippen LogP contribution in [0.4, 0.5) is 0 Å². The van der Waals surface area contributed by atoms with Gasteiger partial charge in [-0.1, -0.05) is 32.9 Å². The standard InChI is InChI=1S/C15H20N4O/c1-11(15(2,3)4)17-18-14(20)9-19-10-16-12-7-5-6-8-13(12)19/h5-8,10H,9H2,1-4H3,(H,18,20)/b17-11+. The summed E-state index contributed by atoms with van der Waals surface area (Å²) < 4.78 is 1.81. The molecule has 2 aromatic rings. The first-order valence-electron chi connectivity index (χ1n) is 6.61. The van der Waals surface area contributed by atoms with E-state index in [1.807, 2.05) is 35.8 Å². The van der Waals surface area contributed by atoms with Gasteiger partial charge in [-0.2, -0.15) is 5.10 Å². The summed E-state index contributed by atoms with van der Waals surface area (Å²) in [6, 6.07) is 7.72. The third-order valence-corrected chi connectivity index (χ3v) is 3.28. The number of nitrogens with one attached hydrogen (secondary N) is 1. The minimum Gasteiger partial charge on any atom is -0.321 e. The number of para-hydroxylation sites is 2. The molecule has 5 nitrogen and oxygen atoms in total. The molecule has 0 saturated carbocycles. The lowest BCUT2D eigenvalue weighted by Crippen LogP contribution is -2.27. The number of rotatable bonds is 3. The number of fused-ring (bicyclic) bond motifs is 1. The highest BCUT2D eigenvalue weighted by atomic mass is 16.2. The Hall–Kier alpha value is -2.17. The molecule has 1 heterocycles. The number of nitrogens with zero attached hydrogens (tertiary/aromatic N) is 3. The predicted molar refractivity (Wildman–Crippen MR) is 80.4 cm³/mol. The number of imidazole rings is 1. The molecule has 0 spiro atoms. The van der Waals surface area contributed by atoms with Crippen molar-refractivity contribution in [1.82, 2.24) is 15.0 Å². The van der Waals surface area contributed by atoms with E-state index in [2.05, 4.69) is 36.3 Å². The molecule has 5 heteroatoms. The summed E-state index contributed by atoms with van der Waals surface area (Å²) in [7, 11) is 0. The molecule has 0 saturated heterocycles. The highest BCUT2D eigenvalue weighted by Crippen LogP contribution is 2.15. The zero-order chi connectivity index (χ0) is 14.8. The van der Waals surface area contributed by atoms with Crippen LogP contribution in [0.2, 0.25) is 0 Å². The Labute approximate surface area is 118 Å². The smallest absolute Gasteiger partial charge is 0.260 e. The van der Waals surface area contributed by atoms with Gasteiger partial charge in [-0.15, -0.1) is 0 Å². The fourth-order valence-electron chi connectivity index (χ4n) is 1.64. The second kappa shape index (κ2) is 5.45. The largest absolute Gasteiger partial charge is 0.321 e. The van der Waals surface area contributed by atoms with Crippen molar-refractivity contribution >= 4 is 22.7 Å². The number of carbonyl (C=O) groups is 1. The molecule has 1 N–H and O–H groups in total. The van der Waals surface area contributed by atoms with Gasteiger partial charge in [0.1, 0.15) is 6.54 Å². The molecule has 0 bridgehead atoms. The lowest BCUT2D eigenvalue weighted by molar-refractivity contribution is -0.121. The van der Waals surface area contributed by atoms with E-state index in [9.17, 15) is 4.79 Å². The van der Waals surface area contributed by atoms with E-state index >= 15 is 0 Å². The van der Waals surface area contributed by atoms with Crippen molar-refractivity contribution < 1.29 is 4.79 Å². The number of benzene rings is 1. The summed E-state index contributed by atoms with van der Waals surface area (Å²) >= 11 is 0. The van der Waals surface area contributed by atoms with E-state index in [0.29, 0.717) is 0 Å². The monoisotopic (exact) mass is 272 g/mol. The molecule has 0 aliphatic carbocycles. The van der Waals surface area contributed by atoms with E-state index in [-0.39, 0.29) is 17.9 Å². The van der Waals surface area contributed by atoms with Gasteiger partial charge >= 0.3 is 0 Å². The number of hydrazone groups is 1. The van der Waals surface area contributed by atoms with Gasteiger partial charge in [0.15, 0.2) is 0 Å². The van der Waals surface area contributed by atoms with E-state index in [1.165, 1.54) is 0 Å². The molecule has 0 radical (unpaired) electrons. The maximum absolute atomic E-state index is 11.9. The van der Waals surface area contributed by atoms with Crippen LogP contribution < -0.4 is 5.43 Å². The number of aromatic nitrogens is 2. The molecular weight excluding hydrogens is 252 g/mol. The van der Waals surface area contributed by atoms with E-state index in [0.717, 1.165) is 16.7 Å². The third kappa shape index (κ3) is 3.23. The zero-order valence-electron chi connectivity index (χ0n) is 12.3. The van der Waals surface area contributed by atoms with Gasteiger partial charge < -0.3 is 4.57 Å². The minimum absolute atomic E-state index is 0.0466. The van der Waals surface area contributed by atoms with Gasteiger partial charge in [-0.3, -0.25) is 4.79 Å². The van der Waals surface area contributed by atoms with Crippen molar-refractivity contribution in [3.63, 3.8) is 0 Å². The molecule has 1 amide bonds. The van der Waals surface area contributed by atoms with Crippen molar-refractivity contribution in [1.29, 1.82) is 0 Å². The summed E-state index contributed by atoms with van der Waals surface area (Å²) in [5.41, 5.74) is 5.26. The summed E-state index contributed by atoms with van der Waals surface area (Å²) in [5, 5.41) is 4.14. The average Bonchev–Trinajstić information content (AvgIpc) is 2.78. The van der Waals surface area contributed by atoms with Gasteiger partial charge in [0.2, 0.25) is 0 Å². The van der Waals surface area contributed by atoms with E-state index < -0.39 is 0 Å². The fourth-order valence-corrected chi connectivity index (χ4v) is 1.64. The van der Waals surface area contributed by atoms with Crippen LogP contribution in [0.5, 0.6) is 0 Å². The Bertz CT molecular complexity index is 649. The van der Waals surface area contributed by atoms with Crippen molar-refractivity contribution in [3.05, 3.63) is 30.6 Å². The normalized spacial score (nSPS) is 12.7. The lowest BCUT2D eigenvalue weighted by atomic mass is 9.91. The quantitative estimate of drug-likeness (QED) is 0.689. The number of hydrogen-bond acceptors (Lipinski definition) is 3. The van der Waals surface area contributed by atoms with Gasteiger partial charge in [-0.05, 0) is 19.1 Å². The average molecular weight is 272 g/mol. The molecular formula is C15H20N4O. The molecule has 0 aliphatic rings. The van der Waals surface area contributed by atoms with Crippen LogP contribution in [0.15, 0.2) is 35.7 Å². The Morgan fingerprint density at radius 2 is 2.05 bits per heavy atom. The van der Waals surface area contributed by atoms with Crippen molar-refractivity contribution in [2.24, 2.45) is 10.5 Å². The van der Waals surface area contributed by atoms with Gasteiger partial charge in [0, 0.05) is 11.1 Å². The van der Waals surface area contributed by atoms with E-state index in [1.54, 1.807) is 6.33 Å². The second-order valence-corrected chi connectivity index (χ2v) is 5.84. The summed E-state index contributed by atoms with van der Waals surface area (Å²) in [6.07, 6.45) is 1.67. The maximum Gasteiger partial charge on any atom is 0.260 e. The molecule has 20 heavy (non-hydrogen) atoms. The predicted octanol–water partition coefficient (Wildman–Crippen LogP) is 2.57. The molecule has 1 aromatic carbocycles. The van der Waals surface area contributed by atoms with E-state index in [4.69, 9.17) is 0 Å². The van der Waals surface area contributed by atoms with Crippen LogP contribution in [0.3, 0.4) is 0 Å². The Kier molecular flexibility index (Phi) is 3.88. The molecule has 106 valence electrons. The fraction of sp³-hybridized carbons (Fsp3) is 0.400. The molecule has 0 fully saturated rings. The number of carbonyl (C=O) groups excluding carboxylic acids is 1. The highest BCUT2D eigenvalue weighted by molar-refractivity contribution is 5.88. The molecule has 0 aliphatic heterocycles. The first-order chi connectivity index (χ1) is 9.38. The number of amides is 1. The zero-order valence-corrected chi connectivity index (χ0v) is 12.3. The molecule has 0 unspecified atom stereocenters. The number of hydrogen-bond donors (Lipinski definition) is 1. The third-order valence-electron chi connectivity index (χ3n) is 3.28. The van der Waals surface area contributed by atoms with Gasteiger partial charge in [0.05, 0.1) is 17.4 Å². The molecule has 1 aromatic heterocycles. The Balaban J connectivity index is 2.06. The lowest BCUT2D eigenvalue weighted by Gasteiger charge is -2.17. The summed E-state index contributed by atoms with van der Waals surface area (Å²) in [4.78, 5) is 16.2. The van der Waals surface area contributed by atoms with Crippen LogP contribution in [0.1, 0.15) is 27.7 Å². The Morgan fingerprint density at radius 3 is 2.75 bits per heavy atom. The Morgan fingerprint density at radius 1 is 1.35 bits per heavy atom. The maximum atomic E-state index is 11.9. The topological polar surface area (TPSA) is 59.3 Å². The second-order valence-electron chi connectivity index (χ2n) is 5.84. The molecule has 0 atom stereocenters. The van der Waals surface area contributed by atoms with Crippen LogP contribution in [0.25, 0.3) is 11.0 Å². The van der Waals surface area contributed by atoms with Crippen molar-refractivity contribution in [2.45, 2.75) is 34.2 Å². The van der Waals surface area contributed by atoms with Gasteiger partial charge in [0.25, 0.3) is 5.91 Å². The first-order valence-corrected chi connectivity index (χ1v) is 6.61. The SMILES string of the molecule is C/C(=N\NC(=O)Cn1cnc2ccccc21)C(C)(C)C. The van der Waals surface area contributed by atoms with Crippen LogP contribution in [-0.4, -0.2) is 21.2 Å². The van der Waals surface area contributed by atoms with Gasteiger partial charge in [-0.25, -0.2) is 10.4 Å². The van der Waals surface area contributed by atoms with Crippen LogP contribution >= 0.6 is 0 Å². The molecule has 2 rings (SSSR count). The van der Waals surface area contributed by atoms with Crippen molar-refractivity contribution in [3.8, 4) is 0 Å². The highest BCUT2D eigenvalue weighted by Gasteiger charge is 2.14. The van der Waals surface area contributed by atoms with Crippen molar-refractivity contribution in [2.75, 3.05) is 0 Å². The first kappa shape index (κ1) is 14.2. The van der Waals surface area contributed by atoms with Crippen LogP contribution in [-0.2, 0) is 11.3 Å². The van der Waals surface area contributed by atoms with Crippen LogP contribution in [0, 0.1) is 5.41 Å².